The second kappa shape index (κ2) is 3.65. The van der Waals surface area contributed by atoms with E-state index >= 15 is 0 Å². The molecule has 1 aromatic heterocycles. The number of benzene rings is 1. The summed E-state index contributed by atoms with van der Waals surface area (Å²) in [5.41, 5.74) is 7.39. The van der Waals surface area contributed by atoms with E-state index in [1.165, 1.54) is 7.11 Å². The number of para-hydroxylation sites is 1. The number of aromatic nitrogens is 1. The van der Waals surface area contributed by atoms with Crippen LogP contribution in [0.25, 0.3) is 10.9 Å². The van der Waals surface area contributed by atoms with Crippen molar-refractivity contribution in [1.29, 1.82) is 0 Å². The van der Waals surface area contributed by atoms with Gasteiger partial charge in [-0.05, 0) is 12.1 Å². The molecule has 2 rings (SSSR count). The average molecular weight is 204 g/mol. The predicted molar refractivity (Wildman–Crippen MR) is 58.4 cm³/mol. The summed E-state index contributed by atoms with van der Waals surface area (Å²) in [4.78, 5) is 11.2. The largest absolute Gasteiger partial charge is 0.468 e. The maximum absolute atomic E-state index is 11.2. The lowest BCUT2D eigenvalue weighted by Gasteiger charge is -2.05. The molecule has 78 valence electrons. The van der Waals surface area contributed by atoms with E-state index in [0.29, 0.717) is 5.69 Å². The van der Waals surface area contributed by atoms with Crippen LogP contribution in [-0.2, 0) is 16.1 Å². The number of nitrogens with zero attached hydrogens (tertiary/aromatic N) is 1. The zero-order valence-corrected chi connectivity index (χ0v) is 8.43. The second-order valence-corrected chi connectivity index (χ2v) is 3.30. The second-order valence-electron chi connectivity index (χ2n) is 3.30. The van der Waals surface area contributed by atoms with Crippen molar-refractivity contribution in [3.8, 4) is 0 Å². The molecule has 4 nitrogen and oxygen atoms in total. The van der Waals surface area contributed by atoms with Crippen molar-refractivity contribution < 1.29 is 9.53 Å². The van der Waals surface area contributed by atoms with E-state index in [2.05, 4.69) is 4.74 Å². The van der Waals surface area contributed by atoms with Gasteiger partial charge in [0.05, 0.1) is 18.3 Å². The lowest BCUT2D eigenvalue weighted by molar-refractivity contribution is -0.141. The zero-order valence-electron chi connectivity index (χ0n) is 8.43. The molecule has 1 aromatic carbocycles. The van der Waals surface area contributed by atoms with Crippen molar-refractivity contribution in [2.75, 3.05) is 12.8 Å². The first kappa shape index (κ1) is 9.58. The minimum atomic E-state index is -0.282. The van der Waals surface area contributed by atoms with Gasteiger partial charge < -0.3 is 15.0 Å². The van der Waals surface area contributed by atoms with E-state index < -0.39 is 0 Å². The van der Waals surface area contributed by atoms with Crippen molar-refractivity contribution in [2.45, 2.75) is 6.54 Å². The molecular weight excluding hydrogens is 192 g/mol. The van der Waals surface area contributed by atoms with Crippen molar-refractivity contribution >= 4 is 22.6 Å². The molecule has 0 bridgehead atoms. The van der Waals surface area contributed by atoms with Gasteiger partial charge in [-0.25, -0.2) is 0 Å². The molecule has 4 heteroatoms. The molecular formula is C11H12N2O2. The molecule has 15 heavy (non-hydrogen) atoms. The molecule has 2 aromatic rings. The van der Waals surface area contributed by atoms with Crippen LogP contribution in [0, 0.1) is 0 Å². The molecule has 0 fully saturated rings. The lowest BCUT2D eigenvalue weighted by atomic mass is 10.2. The van der Waals surface area contributed by atoms with Crippen molar-refractivity contribution in [3.05, 3.63) is 30.5 Å². The fourth-order valence-corrected chi connectivity index (χ4v) is 1.63. The number of esters is 1. The summed E-state index contributed by atoms with van der Waals surface area (Å²) in [6, 6.07) is 7.59. The van der Waals surface area contributed by atoms with E-state index in [-0.39, 0.29) is 12.5 Å². The number of anilines is 1. The molecule has 0 unspecified atom stereocenters. The number of ether oxygens (including phenoxy) is 1. The van der Waals surface area contributed by atoms with Gasteiger partial charge in [0, 0.05) is 11.6 Å². The molecule has 0 saturated heterocycles. The summed E-state index contributed by atoms with van der Waals surface area (Å²) in [6.45, 7) is 0.189. The first-order valence-corrected chi connectivity index (χ1v) is 4.62. The summed E-state index contributed by atoms with van der Waals surface area (Å²) in [5, 5.41) is 1.03. The SMILES string of the molecule is COC(=O)Cn1ccc2cccc(N)c21. The average Bonchev–Trinajstić information content (AvgIpc) is 2.63. The van der Waals surface area contributed by atoms with Crippen LogP contribution in [0.5, 0.6) is 0 Å². The first-order valence-electron chi connectivity index (χ1n) is 4.62. The highest BCUT2D eigenvalue weighted by Gasteiger charge is 2.07. The Hall–Kier alpha value is -1.97. The van der Waals surface area contributed by atoms with E-state index in [9.17, 15) is 4.79 Å². The van der Waals surface area contributed by atoms with E-state index in [1.807, 2.05) is 30.5 Å². The Morgan fingerprint density at radius 3 is 3.00 bits per heavy atom. The minimum Gasteiger partial charge on any atom is -0.468 e. The van der Waals surface area contributed by atoms with Gasteiger partial charge in [-0.15, -0.1) is 0 Å². The van der Waals surface area contributed by atoms with Crippen LogP contribution < -0.4 is 5.73 Å². The molecule has 0 atom stereocenters. The number of methoxy groups -OCH3 is 1. The number of nitrogens with two attached hydrogens (primary N) is 1. The predicted octanol–water partition coefficient (Wildman–Crippen LogP) is 1.40. The minimum absolute atomic E-state index is 0.189. The van der Waals surface area contributed by atoms with Gasteiger partial charge in [-0.2, -0.15) is 0 Å². The Bertz CT molecular complexity index is 502. The fourth-order valence-electron chi connectivity index (χ4n) is 1.63. The Balaban J connectivity index is 2.48. The van der Waals surface area contributed by atoms with Gasteiger partial charge in [0.1, 0.15) is 6.54 Å². The number of hydrogen-bond donors (Lipinski definition) is 1. The van der Waals surface area contributed by atoms with E-state index in [0.717, 1.165) is 10.9 Å². The first-order chi connectivity index (χ1) is 7.22. The Kier molecular flexibility index (Phi) is 2.33. The van der Waals surface area contributed by atoms with Crippen LogP contribution in [0.2, 0.25) is 0 Å². The number of carbonyl (C=O) groups is 1. The summed E-state index contributed by atoms with van der Waals surface area (Å²) in [5.74, 6) is -0.282. The highest BCUT2D eigenvalue weighted by molar-refractivity contribution is 5.91. The fraction of sp³-hybridized carbons (Fsp3) is 0.182. The van der Waals surface area contributed by atoms with Gasteiger partial charge >= 0.3 is 5.97 Å². The number of nitrogen functional groups attached to an aromatic ring is 1. The number of carbonyl (C=O) groups excluding carboxylic acids is 1. The van der Waals surface area contributed by atoms with E-state index in [1.54, 1.807) is 4.57 Å². The number of rotatable bonds is 2. The molecule has 0 saturated carbocycles. The molecule has 0 aliphatic rings. The third-order valence-corrected chi connectivity index (χ3v) is 2.35. The molecule has 0 radical (unpaired) electrons. The lowest BCUT2D eigenvalue weighted by Crippen LogP contribution is -2.11. The molecule has 0 aliphatic carbocycles. The third-order valence-electron chi connectivity index (χ3n) is 2.35. The summed E-state index contributed by atoms with van der Waals surface area (Å²) >= 11 is 0. The van der Waals surface area contributed by atoms with Crippen LogP contribution in [0.3, 0.4) is 0 Å². The van der Waals surface area contributed by atoms with Gasteiger partial charge in [-0.1, -0.05) is 12.1 Å². The van der Waals surface area contributed by atoms with Crippen LogP contribution >= 0.6 is 0 Å². The van der Waals surface area contributed by atoms with Crippen LogP contribution in [0.1, 0.15) is 0 Å². The molecule has 0 spiro atoms. The van der Waals surface area contributed by atoms with Crippen molar-refractivity contribution in [3.63, 3.8) is 0 Å². The summed E-state index contributed by atoms with van der Waals surface area (Å²) in [6.07, 6.45) is 1.83. The standard InChI is InChI=1S/C11H12N2O2/c1-15-10(14)7-13-6-5-8-3-2-4-9(12)11(8)13/h2-6H,7,12H2,1H3. The van der Waals surface area contributed by atoms with Crippen molar-refractivity contribution in [2.24, 2.45) is 0 Å². The highest BCUT2D eigenvalue weighted by atomic mass is 16.5. The Labute approximate surface area is 87.2 Å². The topological polar surface area (TPSA) is 57.2 Å². The maximum Gasteiger partial charge on any atom is 0.325 e. The van der Waals surface area contributed by atoms with Gasteiger partial charge in [0.15, 0.2) is 0 Å². The highest BCUT2D eigenvalue weighted by Crippen LogP contribution is 2.21. The van der Waals surface area contributed by atoms with Crippen LogP contribution in [0.4, 0.5) is 5.69 Å². The molecule has 0 aliphatic heterocycles. The Morgan fingerprint density at radius 1 is 1.47 bits per heavy atom. The smallest absolute Gasteiger partial charge is 0.325 e. The van der Waals surface area contributed by atoms with Gasteiger partial charge in [-0.3, -0.25) is 4.79 Å². The zero-order chi connectivity index (χ0) is 10.8. The quantitative estimate of drug-likeness (QED) is 0.594. The van der Waals surface area contributed by atoms with Crippen LogP contribution in [-0.4, -0.2) is 17.6 Å². The van der Waals surface area contributed by atoms with Gasteiger partial charge in [0.25, 0.3) is 0 Å². The molecule has 2 N–H and O–H groups in total. The number of hydrogen-bond acceptors (Lipinski definition) is 3. The van der Waals surface area contributed by atoms with Gasteiger partial charge in [0.2, 0.25) is 0 Å². The normalized spacial score (nSPS) is 10.5. The third kappa shape index (κ3) is 1.66. The van der Waals surface area contributed by atoms with Crippen molar-refractivity contribution in [1.82, 2.24) is 4.57 Å². The summed E-state index contributed by atoms with van der Waals surface area (Å²) < 4.78 is 6.40. The molecule has 1 heterocycles. The molecule has 0 amide bonds. The maximum atomic E-state index is 11.2. The monoisotopic (exact) mass is 204 g/mol. The van der Waals surface area contributed by atoms with E-state index in [4.69, 9.17) is 5.73 Å². The summed E-state index contributed by atoms with van der Waals surface area (Å²) in [7, 11) is 1.37. The van der Waals surface area contributed by atoms with Crippen LogP contribution in [0.15, 0.2) is 30.5 Å². The number of fused-ring (bicyclic) bond motifs is 1. The Morgan fingerprint density at radius 2 is 2.27 bits per heavy atom.